The minimum atomic E-state index is -0.165. The predicted molar refractivity (Wildman–Crippen MR) is 78.8 cm³/mol. The summed E-state index contributed by atoms with van der Waals surface area (Å²) in [5, 5.41) is 7.44. The van der Waals surface area contributed by atoms with E-state index in [1.807, 2.05) is 0 Å². The molecule has 5 rings (SSSR count). The van der Waals surface area contributed by atoms with E-state index < -0.39 is 0 Å². The molecule has 3 atom stereocenters. The quantitative estimate of drug-likeness (QED) is 0.694. The van der Waals surface area contributed by atoms with Crippen LogP contribution in [0.25, 0.3) is 11.2 Å². The molecule has 1 saturated heterocycles. The molecule has 9 nitrogen and oxygen atoms in total. The van der Waals surface area contributed by atoms with Crippen LogP contribution >= 0.6 is 0 Å². The van der Waals surface area contributed by atoms with Gasteiger partial charge in [0, 0.05) is 13.0 Å². The Morgan fingerprint density at radius 3 is 2.91 bits per heavy atom. The van der Waals surface area contributed by atoms with Crippen molar-refractivity contribution in [3.05, 3.63) is 34.7 Å². The van der Waals surface area contributed by atoms with Crippen LogP contribution in [0.4, 0.5) is 0 Å². The second-order valence-electron chi connectivity index (χ2n) is 6.26. The van der Waals surface area contributed by atoms with Crippen molar-refractivity contribution in [1.29, 1.82) is 0 Å². The van der Waals surface area contributed by atoms with E-state index in [-0.39, 0.29) is 12.1 Å². The molecule has 3 aromatic rings. The number of rotatable bonds is 3. The Hall–Kier alpha value is -2.55. The van der Waals surface area contributed by atoms with Gasteiger partial charge in [-0.25, -0.2) is 9.97 Å². The number of hydrogen-bond donors (Lipinski definition) is 1. The van der Waals surface area contributed by atoms with Gasteiger partial charge in [0.15, 0.2) is 17.0 Å². The van der Waals surface area contributed by atoms with Crippen molar-refractivity contribution in [3.63, 3.8) is 0 Å². The maximum Gasteiger partial charge on any atom is 0.280 e. The SMILES string of the molecule is Cn1cnc2ncn(Cc3nc(C4[C@H]5CNC[C@@H]45)no3)c(=O)c21. The van der Waals surface area contributed by atoms with Crippen LogP contribution in [0.1, 0.15) is 17.6 Å². The molecule has 1 N–H and O–H groups in total. The van der Waals surface area contributed by atoms with Gasteiger partial charge in [0.2, 0.25) is 5.89 Å². The Morgan fingerprint density at radius 2 is 2.09 bits per heavy atom. The molecular formula is C14H15N7O2. The molecule has 3 aromatic heterocycles. The molecule has 2 aliphatic rings. The molecule has 23 heavy (non-hydrogen) atoms. The molecule has 9 heteroatoms. The monoisotopic (exact) mass is 313 g/mol. The number of piperidine rings is 1. The lowest BCUT2D eigenvalue weighted by Gasteiger charge is -2.01. The van der Waals surface area contributed by atoms with Crippen molar-refractivity contribution in [2.75, 3.05) is 13.1 Å². The third kappa shape index (κ3) is 1.86. The number of aromatic nitrogens is 6. The van der Waals surface area contributed by atoms with Gasteiger partial charge < -0.3 is 14.4 Å². The normalized spacial score (nSPS) is 25.9. The Labute approximate surface area is 130 Å². The predicted octanol–water partition coefficient (Wildman–Crippen LogP) is -0.506. The average molecular weight is 313 g/mol. The third-order valence-corrected chi connectivity index (χ3v) is 4.88. The second-order valence-corrected chi connectivity index (χ2v) is 6.26. The number of hydrogen-bond acceptors (Lipinski definition) is 7. The van der Waals surface area contributed by atoms with E-state index in [9.17, 15) is 4.79 Å². The summed E-state index contributed by atoms with van der Waals surface area (Å²) in [6.45, 7) is 2.28. The van der Waals surface area contributed by atoms with Gasteiger partial charge >= 0.3 is 0 Å². The van der Waals surface area contributed by atoms with Crippen molar-refractivity contribution in [2.45, 2.75) is 12.5 Å². The van der Waals surface area contributed by atoms with Crippen molar-refractivity contribution in [3.8, 4) is 0 Å². The van der Waals surface area contributed by atoms with Crippen molar-refractivity contribution < 1.29 is 4.52 Å². The lowest BCUT2D eigenvalue weighted by atomic mass is 10.3. The third-order valence-electron chi connectivity index (χ3n) is 4.88. The van der Waals surface area contributed by atoms with Crippen LogP contribution in [-0.4, -0.2) is 42.3 Å². The van der Waals surface area contributed by atoms with Gasteiger partial charge in [0.05, 0.1) is 6.33 Å². The summed E-state index contributed by atoms with van der Waals surface area (Å²) >= 11 is 0. The lowest BCUT2D eigenvalue weighted by Crippen LogP contribution is -2.22. The van der Waals surface area contributed by atoms with Crippen molar-refractivity contribution >= 4 is 11.2 Å². The molecule has 1 saturated carbocycles. The molecule has 0 radical (unpaired) electrons. The van der Waals surface area contributed by atoms with Gasteiger partial charge in [0.1, 0.15) is 12.9 Å². The highest BCUT2D eigenvalue weighted by Crippen LogP contribution is 2.54. The maximum absolute atomic E-state index is 12.5. The van der Waals surface area contributed by atoms with Gasteiger partial charge in [-0.3, -0.25) is 9.36 Å². The molecule has 0 spiro atoms. The number of fused-ring (bicyclic) bond motifs is 2. The van der Waals surface area contributed by atoms with Crippen molar-refractivity contribution in [2.24, 2.45) is 18.9 Å². The van der Waals surface area contributed by atoms with Gasteiger partial charge in [-0.15, -0.1) is 0 Å². The number of nitrogens with zero attached hydrogens (tertiary/aromatic N) is 6. The Morgan fingerprint density at radius 1 is 1.30 bits per heavy atom. The maximum atomic E-state index is 12.5. The summed E-state index contributed by atoms with van der Waals surface area (Å²) in [5.74, 6) is 2.87. The van der Waals surface area contributed by atoms with E-state index >= 15 is 0 Å². The van der Waals surface area contributed by atoms with Gasteiger partial charge in [-0.1, -0.05) is 5.16 Å². The fourth-order valence-corrected chi connectivity index (χ4v) is 3.60. The van der Waals surface area contributed by atoms with Crippen LogP contribution < -0.4 is 10.9 Å². The molecule has 1 aliphatic carbocycles. The largest absolute Gasteiger partial charge is 0.337 e. The molecule has 118 valence electrons. The summed E-state index contributed by atoms with van der Waals surface area (Å²) in [4.78, 5) is 25.2. The van der Waals surface area contributed by atoms with Gasteiger partial charge in [-0.2, -0.15) is 4.98 Å². The van der Waals surface area contributed by atoms with Crippen LogP contribution in [0.15, 0.2) is 22.0 Å². The molecule has 2 fully saturated rings. The van der Waals surface area contributed by atoms with E-state index in [0.717, 1.165) is 18.9 Å². The molecule has 4 heterocycles. The zero-order valence-corrected chi connectivity index (χ0v) is 12.5. The standard InChI is InChI=1S/C14H15N7O2/c1-20-5-16-13-11(20)14(22)21(6-17-13)4-9-18-12(19-23-9)10-7-2-15-3-8(7)10/h5-8,10,15H,2-4H2,1H3/t7-,8+,10?. The molecule has 0 aromatic carbocycles. The van der Waals surface area contributed by atoms with E-state index in [1.54, 1.807) is 17.9 Å². The first kappa shape index (κ1) is 12.9. The topological polar surface area (TPSA) is 104 Å². The first-order chi connectivity index (χ1) is 11.2. The van der Waals surface area contributed by atoms with Crippen molar-refractivity contribution in [1.82, 2.24) is 34.6 Å². The summed E-state index contributed by atoms with van der Waals surface area (Å²) in [6.07, 6.45) is 3.05. The van der Waals surface area contributed by atoms with E-state index in [4.69, 9.17) is 4.52 Å². The van der Waals surface area contributed by atoms with Gasteiger partial charge in [-0.05, 0) is 24.9 Å². The zero-order valence-electron chi connectivity index (χ0n) is 12.5. The number of nitrogens with one attached hydrogen (secondary N) is 1. The lowest BCUT2D eigenvalue weighted by molar-refractivity contribution is 0.363. The first-order valence-corrected chi connectivity index (χ1v) is 7.62. The molecule has 1 aliphatic heterocycles. The van der Waals surface area contributed by atoms with Crippen LogP contribution in [0, 0.1) is 11.8 Å². The fourth-order valence-electron chi connectivity index (χ4n) is 3.60. The first-order valence-electron chi connectivity index (χ1n) is 7.62. The molecular weight excluding hydrogens is 298 g/mol. The second kappa shape index (κ2) is 4.48. The van der Waals surface area contributed by atoms with Crippen LogP contribution in [0.5, 0.6) is 0 Å². The summed E-state index contributed by atoms with van der Waals surface area (Å²) in [5.41, 5.74) is 0.746. The highest BCUT2D eigenvalue weighted by Gasteiger charge is 2.55. The van der Waals surface area contributed by atoms with Crippen LogP contribution in [-0.2, 0) is 13.6 Å². The average Bonchev–Trinajstić information content (AvgIpc) is 3.01. The Kier molecular flexibility index (Phi) is 2.52. The Balaban J connectivity index is 1.44. The molecule has 1 unspecified atom stereocenters. The van der Waals surface area contributed by atoms with E-state index in [1.165, 1.54) is 10.9 Å². The number of aryl methyl sites for hydroxylation is 1. The zero-order chi connectivity index (χ0) is 15.6. The van der Waals surface area contributed by atoms with E-state index in [0.29, 0.717) is 34.8 Å². The summed E-state index contributed by atoms with van der Waals surface area (Å²) in [7, 11) is 1.77. The molecule has 0 amide bonds. The minimum absolute atomic E-state index is 0.165. The summed E-state index contributed by atoms with van der Waals surface area (Å²) in [6, 6.07) is 0. The highest BCUT2D eigenvalue weighted by atomic mass is 16.5. The summed E-state index contributed by atoms with van der Waals surface area (Å²) < 4.78 is 8.46. The number of imidazole rings is 1. The fraction of sp³-hybridized carbons (Fsp3) is 0.500. The smallest absolute Gasteiger partial charge is 0.280 e. The van der Waals surface area contributed by atoms with Gasteiger partial charge in [0.25, 0.3) is 5.56 Å². The highest BCUT2D eigenvalue weighted by molar-refractivity contribution is 5.68. The molecule has 0 bridgehead atoms. The van der Waals surface area contributed by atoms with Crippen LogP contribution in [0.2, 0.25) is 0 Å². The minimum Gasteiger partial charge on any atom is -0.337 e. The van der Waals surface area contributed by atoms with E-state index in [2.05, 4.69) is 25.4 Å². The van der Waals surface area contributed by atoms with Crippen LogP contribution in [0.3, 0.4) is 0 Å². The Bertz CT molecular complexity index is 946.